The Morgan fingerprint density at radius 3 is 2.53 bits per heavy atom. The predicted molar refractivity (Wildman–Crippen MR) is 82.5 cm³/mol. The minimum Gasteiger partial charge on any atom is -0.306 e. The van der Waals surface area contributed by atoms with Crippen molar-refractivity contribution in [1.29, 1.82) is 0 Å². The van der Waals surface area contributed by atoms with E-state index in [9.17, 15) is 4.79 Å². The number of carbonyl (C=O) groups is 1. The molecule has 1 aromatic carbocycles. The Balaban J connectivity index is 1.74. The van der Waals surface area contributed by atoms with Gasteiger partial charge in [-0.2, -0.15) is 0 Å². The molecule has 3 heteroatoms. The predicted octanol–water partition coefficient (Wildman–Crippen LogP) is 4.14. The molecule has 0 N–H and O–H groups in total. The van der Waals surface area contributed by atoms with E-state index in [2.05, 4.69) is 27.9 Å². The molecule has 2 nitrogen and oxygen atoms in total. The molecular formula is C16H22BrNO. The third-order valence-electron chi connectivity index (χ3n) is 3.93. The Labute approximate surface area is 124 Å². The van der Waals surface area contributed by atoms with Gasteiger partial charge in [0.15, 0.2) is 5.78 Å². The van der Waals surface area contributed by atoms with Crippen LogP contribution in [0.2, 0.25) is 0 Å². The van der Waals surface area contributed by atoms with Crippen molar-refractivity contribution in [2.75, 3.05) is 20.1 Å². The van der Waals surface area contributed by atoms with E-state index in [0.29, 0.717) is 6.42 Å². The second-order valence-corrected chi connectivity index (χ2v) is 6.51. The van der Waals surface area contributed by atoms with Crippen molar-refractivity contribution in [2.45, 2.75) is 32.1 Å². The van der Waals surface area contributed by atoms with E-state index in [1.807, 2.05) is 24.3 Å². The molecule has 1 saturated carbocycles. The topological polar surface area (TPSA) is 20.3 Å². The molecule has 1 aliphatic carbocycles. The highest BCUT2D eigenvalue weighted by Crippen LogP contribution is 2.25. The first kappa shape index (κ1) is 14.7. The molecule has 0 spiro atoms. The summed E-state index contributed by atoms with van der Waals surface area (Å²) in [5.41, 5.74) is 0.817. The summed E-state index contributed by atoms with van der Waals surface area (Å²) in [7, 11) is 2.13. The maximum Gasteiger partial charge on any atom is 0.164 e. The summed E-state index contributed by atoms with van der Waals surface area (Å²) in [6, 6.07) is 7.64. The first-order valence-electron chi connectivity index (χ1n) is 7.12. The number of carbonyl (C=O) groups excluding carboxylic acids is 1. The molecule has 2 rings (SSSR count). The Hall–Kier alpha value is -0.670. The maximum absolute atomic E-state index is 12.1. The molecule has 1 aliphatic rings. The van der Waals surface area contributed by atoms with Gasteiger partial charge in [-0.1, -0.05) is 40.9 Å². The van der Waals surface area contributed by atoms with E-state index in [1.54, 1.807) is 0 Å². The summed E-state index contributed by atoms with van der Waals surface area (Å²) >= 11 is 3.39. The molecule has 1 aromatic rings. The van der Waals surface area contributed by atoms with E-state index in [-0.39, 0.29) is 5.78 Å². The Morgan fingerprint density at radius 2 is 1.89 bits per heavy atom. The lowest BCUT2D eigenvalue weighted by atomic mass is 10.1. The van der Waals surface area contributed by atoms with E-state index < -0.39 is 0 Å². The van der Waals surface area contributed by atoms with Crippen molar-refractivity contribution in [3.63, 3.8) is 0 Å². The fraction of sp³-hybridized carbons (Fsp3) is 0.562. The van der Waals surface area contributed by atoms with Crippen LogP contribution in [0.5, 0.6) is 0 Å². The highest BCUT2D eigenvalue weighted by Gasteiger charge is 2.17. The molecule has 0 radical (unpaired) electrons. The monoisotopic (exact) mass is 323 g/mol. The van der Waals surface area contributed by atoms with Gasteiger partial charge in [0.05, 0.1) is 0 Å². The number of hydrogen-bond donors (Lipinski definition) is 0. The zero-order valence-corrected chi connectivity index (χ0v) is 13.2. The quantitative estimate of drug-likeness (QED) is 0.733. The third-order valence-corrected chi connectivity index (χ3v) is 4.46. The Kier molecular flexibility index (Phi) is 5.59. The average molecular weight is 324 g/mol. The van der Waals surface area contributed by atoms with Gasteiger partial charge in [0.1, 0.15) is 0 Å². The van der Waals surface area contributed by atoms with Crippen molar-refractivity contribution < 1.29 is 4.79 Å². The van der Waals surface area contributed by atoms with Gasteiger partial charge in [0.25, 0.3) is 0 Å². The summed E-state index contributed by atoms with van der Waals surface area (Å²) in [4.78, 5) is 14.4. The molecule has 0 aromatic heterocycles. The number of ketones is 1. The van der Waals surface area contributed by atoms with Gasteiger partial charge >= 0.3 is 0 Å². The first-order valence-corrected chi connectivity index (χ1v) is 7.92. The van der Waals surface area contributed by atoms with Crippen LogP contribution in [0.25, 0.3) is 0 Å². The first-order chi connectivity index (χ1) is 9.15. The van der Waals surface area contributed by atoms with Crippen LogP contribution in [-0.4, -0.2) is 30.8 Å². The molecule has 0 atom stereocenters. The van der Waals surface area contributed by atoms with Gasteiger partial charge in [0, 0.05) is 29.5 Å². The van der Waals surface area contributed by atoms with Crippen LogP contribution in [-0.2, 0) is 0 Å². The van der Waals surface area contributed by atoms with Crippen molar-refractivity contribution >= 4 is 21.7 Å². The van der Waals surface area contributed by atoms with Crippen LogP contribution in [0.3, 0.4) is 0 Å². The second-order valence-electron chi connectivity index (χ2n) is 5.59. The normalized spacial score (nSPS) is 16.2. The minimum absolute atomic E-state index is 0.241. The molecule has 0 unspecified atom stereocenters. The van der Waals surface area contributed by atoms with Gasteiger partial charge in [0.2, 0.25) is 0 Å². The number of benzene rings is 1. The molecule has 0 heterocycles. The van der Waals surface area contributed by atoms with E-state index in [1.165, 1.54) is 25.7 Å². The summed E-state index contributed by atoms with van der Waals surface area (Å²) in [6.07, 6.45) is 6.12. The average Bonchev–Trinajstić information content (AvgIpc) is 2.89. The van der Waals surface area contributed by atoms with Crippen LogP contribution < -0.4 is 0 Å². The standard InChI is InChI=1S/C16H22BrNO/c1-18(12-13-4-2-3-5-13)11-10-16(19)14-6-8-15(17)9-7-14/h6-9,13H,2-5,10-12H2,1H3. The fourth-order valence-electron chi connectivity index (χ4n) is 2.80. The Morgan fingerprint density at radius 1 is 1.26 bits per heavy atom. The lowest BCUT2D eigenvalue weighted by molar-refractivity contribution is 0.0966. The molecular weight excluding hydrogens is 302 g/mol. The zero-order chi connectivity index (χ0) is 13.7. The molecule has 1 fully saturated rings. The Bertz CT molecular complexity index is 409. The van der Waals surface area contributed by atoms with Gasteiger partial charge in [-0.05, 0) is 37.9 Å². The summed E-state index contributed by atoms with van der Waals surface area (Å²) < 4.78 is 1.02. The lowest BCUT2D eigenvalue weighted by Gasteiger charge is -2.20. The SMILES string of the molecule is CN(CCC(=O)c1ccc(Br)cc1)CC1CCCC1. The fourth-order valence-corrected chi connectivity index (χ4v) is 3.06. The third kappa shape index (κ3) is 4.73. The smallest absolute Gasteiger partial charge is 0.164 e. The second kappa shape index (κ2) is 7.20. The van der Waals surface area contributed by atoms with Crippen LogP contribution >= 0.6 is 15.9 Å². The molecule has 104 valence electrons. The summed E-state index contributed by atoms with van der Waals surface area (Å²) in [5, 5.41) is 0. The minimum atomic E-state index is 0.241. The molecule has 0 amide bonds. The van der Waals surface area contributed by atoms with E-state index in [4.69, 9.17) is 0 Å². The number of rotatable bonds is 6. The summed E-state index contributed by atoms with van der Waals surface area (Å²) in [6.45, 7) is 2.01. The maximum atomic E-state index is 12.1. The number of nitrogens with zero attached hydrogens (tertiary/aromatic N) is 1. The van der Waals surface area contributed by atoms with Gasteiger partial charge < -0.3 is 4.90 Å². The van der Waals surface area contributed by atoms with Gasteiger partial charge in [-0.3, -0.25) is 4.79 Å². The van der Waals surface area contributed by atoms with Gasteiger partial charge in [-0.25, -0.2) is 0 Å². The van der Waals surface area contributed by atoms with Crippen LogP contribution in [0, 0.1) is 5.92 Å². The van der Waals surface area contributed by atoms with Crippen molar-refractivity contribution in [2.24, 2.45) is 5.92 Å². The molecule has 0 saturated heterocycles. The lowest BCUT2D eigenvalue weighted by Crippen LogP contribution is -2.27. The van der Waals surface area contributed by atoms with Crippen molar-refractivity contribution in [1.82, 2.24) is 4.90 Å². The van der Waals surface area contributed by atoms with Crippen molar-refractivity contribution in [3.8, 4) is 0 Å². The van der Waals surface area contributed by atoms with Crippen LogP contribution in [0.1, 0.15) is 42.5 Å². The van der Waals surface area contributed by atoms with Crippen LogP contribution in [0.15, 0.2) is 28.7 Å². The number of hydrogen-bond acceptors (Lipinski definition) is 2. The zero-order valence-electron chi connectivity index (χ0n) is 11.6. The summed E-state index contributed by atoms with van der Waals surface area (Å²) in [5.74, 6) is 1.10. The number of Topliss-reactive ketones (excluding diaryl/α,β-unsaturated/α-hetero) is 1. The molecule has 0 bridgehead atoms. The molecule has 0 aliphatic heterocycles. The van der Waals surface area contributed by atoms with Gasteiger partial charge in [-0.15, -0.1) is 0 Å². The largest absolute Gasteiger partial charge is 0.306 e. The number of halogens is 1. The molecule has 19 heavy (non-hydrogen) atoms. The highest BCUT2D eigenvalue weighted by molar-refractivity contribution is 9.10. The van der Waals surface area contributed by atoms with Crippen LogP contribution in [0.4, 0.5) is 0 Å². The van der Waals surface area contributed by atoms with E-state index >= 15 is 0 Å². The van der Waals surface area contributed by atoms with E-state index in [0.717, 1.165) is 29.0 Å². The highest BCUT2D eigenvalue weighted by atomic mass is 79.9. The van der Waals surface area contributed by atoms with Crippen molar-refractivity contribution in [3.05, 3.63) is 34.3 Å².